The molecule has 4 rings (SSSR count). The SMILES string of the molecule is Cc1cccc(-c2noc(C3CCN(C(=O)C4CCCC4)CC3)n2)c1. The van der Waals surface area contributed by atoms with Crippen molar-refractivity contribution in [3.05, 3.63) is 35.7 Å². The van der Waals surface area contributed by atoms with Crippen LogP contribution in [0.1, 0.15) is 55.9 Å². The molecule has 5 heteroatoms. The monoisotopic (exact) mass is 339 g/mol. The molecule has 0 bridgehead atoms. The minimum absolute atomic E-state index is 0.263. The quantitative estimate of drug-likeness (QED) is 0.850. The van der Waals surface area contributed by atoms with E-state index in [2.05, 4.69) is 29.2 Å². The number of likely N-dealkylation sites (tertiary alicyclic amines) is 1. The third-order valence-corrected chi connectivity index (χ3v) is 5.58. The molecule has 1 aromatic heterocycles. The van der Waals surface area contributed by atoms with Crippen molar-refractivity contribution in [2.24, 2.45) is 5.92 Å². The molecule has 2 heterocycles. The second kappa shape index (κ2) is 6.98. The summed E-state index contributed by atoms with van der Waals surface area (Å²) in [5, 5.41) is 4.15. The molecule has 1 amide bonds. The molecule has 5 nitrogen and oxygen atoms in total. The predicted molar refractivity (Wildman–Crippen MR) is 95.0 cm³/mol. The van der Waals surface area contributed by atoms with Crippen LogP contribution in [-0.2, 0) is 4.79 Å². The second-order valence-electron chi connectivity index (χ2n) is 7.41. The number of carbonyl (C=O) groups excluding carboxylic acids is 1. The van der Waals surface area contributed by atoms with Crippen LogP contribution in [0.4, 0.5) is 0 Å². The summed E-state index contributed by atoms with van der Waals surface area (Å²) >= 11 is 0. The fourth-order valence-corrected chi connectivity index (χ4v) is 4.08. The molecule has 0 N–H and O–H groups in total. The van der Waals surface area contributed by atoms with Crippen molar-refractivity contribution in [1.82, 2.24) is 15.0 Å². The summed E-state index contributed by atoms with van der Waals surface area (Å²) in [6.07, 6.45) is 6.37. The van der Waals surface area contributed by atoms with Crippen molar-refractivity contribution in [3.63, 3.8) is 0 Å². The van der Waals surface area contributed by atoms with Gasteiger partial charge in [0.2, 0.25) is 17.6 Å². The number of aryl methyl sites for hydroxylation is 1. The topological polar surface area (TPSA) is 59.2 Å². The van der Waals surface area contributed by atoms with Gasteiger partial charge in [-0.2, -0.15) is 4.98 Å². The maximum Gasteiger partial charge on any atom is 0.230 e. The Morgan fingerprint density at radius 1 is 1.16 bits per heavy atom. The highest BCUT2D eigenvalue weighted by Gasteiger charge is 2.32. The summed E-state index contributed by atoms with van der Waals surface area (Å²) < 4.78 is 5.53. The molecule has 25 heavy (non-hydrogen) atoms. The largest absolute Gasteiger partial charge is 0.342 e. The van der Waals surface area contributed by atoms with Gasteiger partial charge < -0.3 is 9.42 Å². The van der Waals surface area contributed by atoms with Gasteiger partial charge >= 0.3 is 0 Å². The first-order valence-corrected chi connectivity index (χ1v) is 9.40. The molecule has 1 saturated heterocycles. The maximum atomic E-state index is 12.5. The average molecular weight is 339 g/mol. The Labute approximate surface area is 148 Å². The second-order valence-corrected chi connectivity index (χ2v) is 7.41. The molecular formula is C20H25N3O2. The lowest BCUT2D eigenvalue weighted by Crippen LogP contribution is -2.40. The van der Waals surface area contributed by atoms with Crippen LogP contribution in [-0.4, -0.2) is 34.0 Å². The van der Waals surface area contributed by atoms with Gasteiger partial charge in [-0.15, -0.1) is 0 Å². The van der Waals surface area contributed by atoms with Gasteiger partial charge in [0, 0.05) is 30.5 Å². The summed E-state index contributed by atoms with van der Waals surface area (Å²) in [6.45, 7) is 3.67. The highest BCUT2D eigenvalue weighted by Crippen LogP contribution is 2.32. The number of aromatic nitrogens is 2. The summed E-state index contributed by atoms with van der Waals surface area (Å²) in [4.78, 5) is 19.2. The molecule has 132 valence electrons. The Morgan fingerprint density at radius 3 is 2.64 bits per heavy atom. The predicted octanol–water partition coefficient (Wildman–Crippen LogP) is 3.94. The molecule has 0 spiro atoms. The van der Waals surface area contributed by atoms with Crippen LogP contribution in [0.15, 0.2) is 28.8 Å². The third kappa shape index (κ3) is 3.46. The number of carbonyl (C=O) groups is 1. The van der Waals surface area contributed by atoms with Crippen LogP contribution in [0, 0.1) is 12.8 Å². The summed E-state index contributed by atoms with van der Waals surface area (Å²) in [5.41, 5.74) is 2.17. The highest BCUT2D eigenvalue weighted by molar-refractivity contribution is 5.79. The zero-order chi connectivity index (χ0) is 17.2. The van der Waals surface area contributed by atoms with E-state index in [1.54, 1.807) is 0 Å². The highest BCUT2D eigenvalue weighted by atomic mass is 16.5. The Hall–Kier alpha value is -2.17. The van der Waals surface area contributed by atoms with Gasteiger partial charge in [0.05, 0.1) is 0 Å². The third-order valence-electron chi connectivity index (χ3n) is 5.58. The average Bonchev–Trinajstić information content (AvgIpc) is 3.33. The zero-order valence-electron chi connectivity index (χ0n) is 14.8. The first-order valence-electron chi connectivity index (χ1n) is 9.40. The number of benzene rings is 1. The van der Waals surface area contributed by atoms with Gasteiger partial charge in [-0.3, -0.25) is 4.79 Å². The smallest absolute Gasteiger partial charge is 0.230 e. The minimum Gasteiger partial charge on any atom is -0.342 e. The van der Waals surface area contributed by atoms with Gasteiger partial charge in [-0.1, -0.05) is 41.8 Å². The molecule has 0 unspecified atom stereocenters. The summed E-state index contributed by atoms with van der Waals surface area (Å²) in [5.74, 6) is 2.26. The molecule has 1 aliphatic carbocycles. The van der Waals surface area contributed by atoms with Crippen LogP contribution in [0.5, 0.6) is 0 Å². The van der Waals surface area contributed by atoms with E-state index in [-0.39, 0.29) is 11.8 Å². The first kappa shape index (κ1) is 16.3. The Kier molecular flexibility index (Phi) is 4.55. The zero-order valence-corrected chi connectivity index (χ0v) is 14.8. The van der Waals surface area contributed by atoms with Crippen LogP contribution < -0.4 is 0 Å². The first-order chi connectivity index (χ1) is 12.2. The van der Waals surface area contributed by atoms with Gasteiger partial charge in [0.25, 0.3) is 0 Å². The van der Waals surface area contributed by atoms with E-state index in [4.69, 9.17) is 4.52 Å². The van der Waals surface area contributed by atoms with E-state index in [0.29, 0.717) is 17.6 Å². The summed E-state index contributed by atoms with van der Waals surface area (Å²) in [7, 11) is 0. The lowest BCUT2D eigenvalue weighted by Gasteiger charge is -2.32. The van der Waals surface area contributed by atoms with E-state index in [1.807, 2.05) is 17.0 Å². The molecule has 1 saturated carbocycles. The molecular weight excluding hydrogens is 314 g/mol. The van der Waals surface area contributed by atoms with Crippen LogP contribution >= 0.6 is 0 Å². The van der Waals surface area contributed by atoms with Crippen molar-refractivity contribution in [1.29, 1.82) is 0 Å². The van der Waals surface area contributed by atoms with E-state index in [0.717, 1.165) is 44.3 Å². The number of amides is 1. The molecule has 2 fully saturated rings. The van der Waals surface area contributed by atoms with E-state index in [9.17, 15) is 4.79 Å². The van der Waals surface area contributed by atoms with Crippen LogP contribution in [0.2, 0.25) is 0 Å². The molecule has 2 aliphatic rings. The van der Waals surface area contributed by atoms with Crippen LogP contribution in [0.25, 0.3) is 11.4 Å². The number of hydrogen-bond donors (Lipinski definition) is 0. The van der Waals surface area contributed by atoms with E-state index in [1.165, 1.54) is 18.4 Å². The van der Waals surface area contributed by atoms with Gasteiger partial charge in [0.1, 0.15) is 0 Å². The molecule has 0 radical (unpaired) electrons. The lowest BCUT2D eigenvalue weighted by atomic mass is 9.95. The number of rotatable bonds is 3. The van der Waals surface area contributed by atoms with Gasteiger partial charge in [-0.05, 0) is 38.7 Å². The van der Waals surface area contributed by atoms with E-state index < -0.39 is 0 Å². The molecule has 0 atom stereocenters. The normalized spacial score (nSPS) is 19.5. The Bertz CT molecular complexity index is 741. The van der Waals surface area contributed by atoms with Crippen molar-refractivity contribution < 1.29 is 9.32 Å². The number of hydrogen-bond acceptors (Lipinski definition) is 4. The minimum atomic E-state index is 0.263. The standard InChI is InChI=1S/C20H25N3O2/c1-14-5-4-8-17(13-14)18-21-19(25-22-18)15-9-11-23(12-10-15)20(24)16-6-2-3-7-16/h4-5,8,13,15-16H,2-3,6-7,9-12H2,1H3. The molecule has 1 aromatic carbocycles. The summed E-state index contributed by atoms with van der Waals surface area (Å²) in [6, 6.07) is 8.14. The fourth-order valence-electron chi connectivity index (χ4n) is 4.08. The Morgan fingerprint density at radius 2 is 1.92 bits per heavy atom. The fraction of sp³-hybridized carbons (Fsp3) is 0.550. The molecule has 2 aromatic rings. The van der Waals surface area contributed by atoms with Gasteiger partial charge in [-0.25, -0.2) is 0 Å². The van der Waals surface area contributed by atoms with E-state index >= 15 is 0 Å². The Balaban J connectivity index is 1.39. The maximum absolute atomic E-state index is 12.5. The lowest BCUT2D eigenvalue weighted by molar-refractivity contribution is -0.136. The molecule has 1 aliphatic heterocycles. The van der Waals surface area contributed by atoms with Crippen LogP contribution in [0.3, 0.4) is 0 Å². The van der Waals surface area contributed by atoms with Crippen molar-refractivity contribution in [2.75, 3.05) is 13.1 Å². The number of nitrogens with zero attached hydrogens (tertiary/aromatic N) is 3. The van der Waals surface area contributed by atoms with Crippen molar-refractivity contribution in [2.45, 2.75) is 51.4 Å². The number of piperidine rings is 1. The van der Waals surface area contributed by atoms with Gasteiger partial charge in [0.15, 0.2) is 0 Å². The van der Waals surface area contributed by atoms with Crippen molar-refractivity contribution in [3.8, 4) is 11.4 Å². The van der Waals surface area contributed by atoms with Crippen molar-refractivity contribution >= 4 is 5.91 Å².